The zero-order valence-corrected chi connectivity index (χ0v) is 13.6. The summed E-state index contributed by atoms with van der Waals surface area (Å²) in [6.07, 6.45) is 5.14. The molecule has 0 aliphatic carbocycles. The zero-order chi connectivity index (χ0) is 17.2. The van der Waals surface area contributed by atoms with Gasteiger partial charge in [-0.1, -0.05) is 6.42 Å². The van der Waals surface area contributed by atoms with Crippen molar-refractivity contribution in [3.05, 3.63) is 41.6 Å². The smallest absolute Gasteiger partial charge is 0.251 e. The monoisotopic (exact) mass is 323 g/mol. The summed E-state index contributed by atoms with van der Waals surface area (Å²) >= 11 is 0. The lowest BCUT2D eigenvalue weighted by atomic mass is 10.1. The largest absolute Gasteiger partial charge is 0.360 e. The van der Waals surface area contributed by atoms with Crippen molar-refractivity contribution in [2.45, 2.75) is 19.3 Å². The SMILES string of the molecule is N#CC(C#N)=CNc1ccc(C(=O)NCCN2CCCCC2)cc1. The highest BCUT2D eigenvalue weighted by molar-refractivity contribution is 5.94. The van der Waals surface area contributed by atoms with Gasteiger partial charge in [-0.3, -0.25) is 4.79 Å². The molecule has 0 bridgehead atoms. The number of carbonyl (C=O) groups excluding carboxylic acids is 1. The fourth-order valence-corrected chi connectivity index (χ4v) is 2.58. The zero-order valence-electron chi connectivity index (χ0n) is 13.6. The maximum absolute atomic E-state index is 12.1. The number of hydrogen-bond donors (Lipinski definition) is 2. The Morgan fingerprint density at radius 1 is 1.12 bits per heavy atom. The van der Waals surface area contributed by atoms with Crippen molar-refractivity contribution in [3.63, 3.8) is 0 Å². The van der Waals surface area contributed by atoms with Crippen molar-refractivity contribution in [1.82, 2.24) is 10.2 Å². The van der Waals surface area contributed by atoms with Gasteiger partial charge in [-0.25, -0.2) is 0 Å². The average Bonchev–Trinajstić information content (AvgIpc) is 2.64. The van der Waals surface area contributed by atoms with Crippen LogP contribution in [0.2, 0.25) is 0 Å². The van der Waals surface area contributed by atoms with Gasteiger partial charge in [0.15, 0.2) is 0 Å². The number of benzene rings is 1. The van der Waals surface area contributed by atoms with Gasteiger partial charge in [0.05, 0.1) is 0 Å². The Morgan fingerprint density at radius 3 is 2.42 bits per heavy atom. The van der Waals surface area contributed by atoms with Crippen LogP contribution in [-0.4, -0.2) is 37.0 Å². The molecule has 0 unspecified atom stereocenters. The van der Waals surface area contributed by atoms with E-state index >= 15 is 0 Å². The summed E-state index contributed by atoms with van der Waals surface area (Å²) in [4.78, 5) is 14.5. The van der Waals surface area contributed by atoms with Gasteiger partial charge in [0, 0.05) is 30.5 Å². The van der Waals surface area contributed by atoms with Crippen LogP contribution in [0.5, 0.6) is 0 Å². The number of allylic oxidation sites excluding steroid dienone is 1. The third-order valence-electron chi connectivity index (χ3n) is 3.93. The molecule has 2 rings (SSSR count). The maximum atomic E-state index is 12.1. The quantitative estimate of drug-likeness (QED) is 0.783. The van der Waals surface area contributed by atoms with Crippen LogP contribution >= 0.6 is 0 Å². The van der Waals surface area contributed by atoms with Crippen LogP contribution in [0, 0.1) is 22.7 Å². The number of hydrogen-bond acceptors (Lipinski definition) is 5. The molecule has 6 nitrogen and oxygen atoms in total. The van der Waals surface area contributed by atoms with Crippen molar-refractivity contribution in [2.24, 2.45) is 0 Å². The predicted molar refractivity (Wildman–Crippen MR) is 92.0 cm³/mol. The summed E-state index contributed by atoms with van der Waals surface area (Å²) in [5, 5.41) is 23.1. The number of carbonyl (C=O) groups is 1. The Bertz CT molecular complexity index is 644. The molecule has 0 radical (unpaired) electrons. The molecule has 1 aromatic carbocycles. The fraction of sp³-hybridized carbons (Fsp3) is 0.389. The summed E-state index contributed by atoms with van der Waals surface area (Å²) in [7, 11) is 0. The van der Waals surface area contributed by atoms with Crippen LogP contribution in [0.25, 0.3) is 0 Å². The molecule has 1 aliphatic heterocycles. The number of nitrogens with one attached hydrogen (secondary N) is 2. The van der Waals surface area contributed by atoms with Gasteiger partial charge in [-0.15, -0.1) is 0 Å². The van der Waals surface area contributed by atoms with E-state index in [9.17, 15) is 4.79 Å². The van der Waals surface area contributed by atoms with Crippen LogP contribution < -0.4 is 10.6 Å². The standard InChI is InChI=1S/C18H21N5O/c19-12-15(13-20)14-22-17-6-4-16(5-7-17)18(24)21-8-11-23-9-2-1-3-10-23/h4-7,14,22H,1-3,8-11H2,(H,21,24). The lowest BCUT2D eigenvalue weighted by Gasteiger charge is -2.26. The van der Waals surface area contributed by atoms with E-state index in [-0.39, 0.29) is 11.5 Å². The third-order valence-corrected chi connectivity index (χ3v) is 3.93. The molecule has 0 atom stereocenters. The lowest BCUT2D eigenvalue weighted by Crippen LogP contribution is -2.37. The van der Waals surface area contributed by atoms with Gasteiger partial charge in [-0.05, 0) is 50.2 Å². The van der Waals surface area contributed by atoms with Gasteiger partial charge in [-0.2, -0.15) is 10.5 Å². The number of piperidine rings is 1. The summed E-state index contributed by atoms with van der Waals surface area (Å²) in [6.45, 7) is 3.78. The third kappa shape index (κ3) is 5.42. The van der Waals surface area contributed by atoms with E-state index in [2.05, 4.69) is 15.5 Å². The van der Waals surface area contributed by atoms with E-state index in [1.54, 1.807) is 36.4 Å². The number of nitriles is 2. The minimum absolute atomic E-state index is 0.00506. The minimum Gasteiger partial charge on any atom is -0.360 e. The molecule has 1 heterocycles. The summed E-state index contributed by atoms with van der Waals surface area (Å²) in [5.74, 6) is -0.0937. The van der Waals surface area contributed by atoms with Crippen LogP contribution in [0.15, 0.2) is 36.0 Å². The second-order valence-electron chi connectivity index (χ2n) is 5.66. The van der Waals surface area contributed by atoms with E-state index < -0.39 is 0 Å². The first-order valence-corrected chi connectivity index (χ1v) is 8.10. The van der Waals surface area contributed by atoms with Crippen LogP contribution in [0.4, 0.5) is 5.69 Å². The van der Waals surface area contributed by atoms with E-state index in [4.69, 9.17) is 10.5 Å². The Balaban J connectivity index is 1.79. The Kier molecular flexibility index (Phi) is 6.82. The molecule has 0 spiro atoms. The van der Waals surface area contributed by atoms with Gasteiger partial charge < -0.3 is 15.5 Å². The van der Waals surface area contributed by atoms with Crippen molar-refractivity contribution in [2.75, 3.05) is 31.5 Å². The Hall–Kier alpha value is -2.83. The number of rotatable bonds is 6. The molecule has 0 saturated carbocycles. The summed E-state index contributed by atoms with van der Waals surface area (Å²) in [6, 6.07) is 10.4. The number of anilines is 1. The van der Waals surface area contributed by atoms with Crippen molar-refractivity contribution in [1.29, 1.82) is 10.5 Å². The predicted octanol–water partition coefficient (Wildman–Crippen LogP) is 2.25. The number of likely N-dealkylation sites (tertiary alicyclic amines) is 1. The number of amides is 1. The Labute approximate surface area is 142 Å². The lowest BCUT2D eigenvalue weighted by molar-refractivity contribution is 0.0946. The van der Waals surface area contributed by atoms with Crippen LogP contribution in [0.3, 0.4) is 0 Å². The second kappa shape index (κ2) is 9.34. The first kappa shape index (κ1) is 17.5. The second-order valence-corrected chi connectivity index (χ2v) is 5.66. The molecule has 1 fully saturated rings. The molecule has 124 valence electrons. The highest BCUT2D eigenvalue weighted by atomic mass is 16.1. The first-order valence-electron chi connectivity index (χ1n) is 8.10. The van der Waals surface area contributed by atoms with Crippen molar-refractivity contribution in [3.8, 4) is 12.1 Å². The van der Waals surface area contributed by atoms with Crippen molar-refractivity contribution >= 4 is 11.6 Å². The topological polar surface area (TPSA) is 92.0 Å². The van der Waals surface area contributed by atoms with E-state index in [1.807, 2.05) is 0 Å². The van der Waals surface area contributed by atoms with Gasteiger partial charge in [0.2, 0.25) is 0 Å². The first-order chi connectivity index (χ1) is 11.7. The average molecular weight is 323 g/mol. The molecule has 24 heavy (non-hydrogen) atoms. The molecule has 6 heteroatoms. The molecule has 1 aliphatic rings. The highest BCUT2D eigenvalue weighted by Crippen LogP contribution is 2.10. The number of nitrogens with zero attached hydrogens (tertiary/aromatic N) is 3. The molecule has 2 N–H and O–H groups in total. The minimum atomic E-state index is -0.0937. The Morgan fingerprint density at radius 2 is 1.79 bits per heavy atom. The van der Waals surface area contributed by atoms with Gasteiger partial charge in [0.25, 0.3) is 5.91 Å². The fourth-order valence-electron chi connectivity index (χ4n) is 2.58. The van der Waals surface area contributed by atoms with Gasteiger partial charge >= 0.3 is 0 Å². The highest BCUT2D eigenvalue weighted by Gasteiger charge is 2.10. The van der Waals surface area contributed by atoms with Crippen molar-refractivity contribution < 1.29 is 4.79 Å². The molecule has 1 aromatic rings. The van der Waals surface area contributed by atoms with E-state index in [1.165, 1.54) is 25.5 Å². The summed E-state index contributed by atoms with van der Waals surface area (Å²) < 4.78 is 0. The van der Waals surface area contributed by atoms with Gasteiger partial charge in [0.1, 0.15) is 17.7 Å². The van der Waals surface area contributed by atoms with E-state index in [0.717, 1.165) is 19.6 Å². The van der Waals surface area contributed by atoms with E-state index in [0.29, 0.717) is 17.8 Å². The molecule has 0 aromatic heterocycles. The molecule has 1 amide bonds. The summed E-state index contributed by atoms with van der Waals surface area (Å²) in [5.41, 5.74) is 1.29. The van der Waals surface area contributed by atoms with Crippen LogP contribution in [0.1, 0.15) is 29.6 Å². The molecule has 1 saturated heterocycles. The molecular weight excluding hydrogens is 302 g/mol. The normalized spacial score (nSPS) is 14.1. The maximum Gasteiger partial charge on any atom is 0.251 e. The van der Waals surface area contributed by atoms with Crippen LogP contribution in [-0.2, 0) is 0 Å². The molecular formula is C18H21N5O.